The molecule has 1 amide bonds. The summed E-state index contributed by atoms with van der Waals surface area (Å²) in [5.74, 6) is 0.262. The van der Waals surface area contributed by atoms with Crippen molar-refractivity contribution in [1.82, 2.24) is 4.90 Å². The second-order valence-corrected chi connectivity index (χ2v) is 10.2. The lowest BCUT2D eigenvalue weighted by molar-refractivity contribution is -0.122. The van der Waals surface area contributed by atoms with Gasteiger partial charge >= 0.3 is 5.97 Å². The topological polar surface area (TPSA) is 49.9 Å². The summed E-state index contributed by atoms with van der Waals surface area (Å²) in [5, 5.41) is 0. The molecule has 2 aromatic rings. The first-order valence-electron chi connectivity index (χ1n) is 12.3. The van der Waals surface area contributed by atoms with Crippen LogP contribution >= 0.6 is 0 Å². The number of carbonyl (C=O) groups excluding carboxylic acids is 2. The minimum Gasteiger partial charge on any atom is -0.465 e. The minimum absolute atomic E-state index is 0.0703. The van der Waals surface area contributed by atoms with Crippen LogP contribution in [0.3, 0.4) is 0 Å². The highest BCUT2D eigenvalue weighted by atomic mass is 16.5. The fourth-order valence-electron chi connectivity index (χ4n) is 6.06. The molecule has 0 aromatic heterocycles. The summed E-state index contributed by atoms with van der Waals surface area (Å²) in [4.78, 5) is 29.7. The van der Waals surface area contributed by atoms with Crippen molar-refractivity contribution < 1.29 is 14.3 Å². The van der Waals surface area contributed by atoms with E-state index in [9.17, 15) is 9.59 Å². The molecule has 2 aromatic carbocycles. The van der Waals surface area contributed by atoms with E-state index in [4.69, 9.17) is 4.74 Å². The average molecular weight is 447 g/mol. The Kier molecular flexibility index (Phi) is 6.00. The summed E-state index contributed by atoms with van der Waals surface area (Å²) in [6, 6.07) is 14.4. The zero-order valence-electron chi connectivity index (χ0n) is 19.8. The zero-order chi connectivity index (χ0) is 23.0. The molecule has 0 bridgehead atoms. The number of likely N-dealkylation sites (tertiary alicyclic amines) is 1. The van der Waals surface area contributed by atoms with Gasteiger partial charge in [-0.25, -0.2) is 4.79 Å². The number of amides is 1. The number of hydrogen-bond donors (Lipinski definition) is 0. The van der Waals surface area contributed by atoms with Gasteiger partial charge in [0, 0.05) is 30.1 Å². The summed E-state index contributed by atoms with van der Waals surface area (Å²) >= 11 is 0. The van der Waals surface area contributed by atoms with Crippen molar-refractivity contribution in [2.24, 2.45) is 5.92 Å². The summed E-state index contributed by atoms with van der Waals surface area (Å²) in [6.45, 7) is 5.89. The maximum Gasteiger partial charge on any atom is 0.337 e. The number of piperidine rings is 1. The summed E-state index contributed by atoms with van der Waals surface area (Å²) < 4.78 is 4.80. The van der Waals surface area contributed by atoms with Gasteiger partial charge in [-0.15, -0.1) is 0 Å². The molecule has 0 atom stereocenters. The van der Waals surface area contributed by atoms with Crippen LogP contribution in [-0.4, -0.2) is 43.5 Å². The Morgan fingerprint density at radius 1 is 1.03 bits per heavy atom. The highest BCUT2D eigenvalue weighted by molar-refractivity contribution is 5.98. The smallest absolute Gasteiger partial charge is 0.337 e. The van der Waals surface area contributed by atoms with Crippen molar-refractivity contribution in [2.75, 3.05) is 31.6 Å². The van der Waals surface area contributed by atoms with Gasteiger partial charge in [0.2, 0.25) is 5.91 Å². The van der Waals surface area contributed by atoms with Crippen LogP contribution in [0.5, 0.6) is 0 Å². The van der Waals surface area contributed by atoms with Crippen LogP contribution < -0.4 is 4.90 Å². The number of benzene rings is 2. The van der Waals surface area contributed by atoms with E-state index in [1.54, 1.807) is 0 Å². The Hall–Kier alpha value is -2.66. The minimum atomic E-state index is -0.298. The molecule has 0 unspecified atom stereocenters. The number of rotatable bonds is 4. The van der Waals surface area contributed by atoms with Crippen LogP contribution in [0.25, 0.3) is 0 Å². The second-order valence-electron chi connectivity index (χ2n) is 10.2. The second kappa shape index (κ2) is 8.94. The molecule has 2 heterocycles. The molecule has 5 nitrogen and oxygen atoms in total. The molecule has 0 N–H and O–H groups in total. The molecular weight excluding hydrogens is 412 g/mol. The third-order valence-corrected chi connectivity index (χ3v) is 8.04. The Bertz CT molecular complexity index is 1030. The van der Waals surface area contributed by atoms with Crippen molar-refractivity contribution in [1.29, 1.82) is 0 Å². The normalized spacial score (nSPS) is 20.2. The molecule has 2 fully saturated rings. The lowest BCUT2D eigenvalue weighted by Gasteiger charge is -2.40. The van der Waals surface area contributed by atoms with Crippen molar-refractivity contribution in [3.63, 3.8) is 0 Å². The predicted molar refractivity (Wildman–Crippen MR) is 129 cm³/mol. The van der Waals surface area contributed by atoms with E-state index >= 15 is 0 Å². The van der Waals surface area contributed by atoms with Crippen LogP contribution in [0, 0.1) is 12.8 Å². The number of nitrogens with zero attached hydrogens (tertiary/aromatic N) is 2. The fourth-order valence-corrected chi connectivity index (χ4v) is 6.06. The Morgan fingerprint density at radius 2 is 1.73 bits per heavy atom. The van der Waals surface area contributed by atoms with Gasteiger partial charge in [0.05, 0.1) is 12.7 Å². The molecule has 5 rings (SSSR count). The average Bonchev–Trinajstić information content (AvgIpc) is 3.48. The maximum atomic E-state index is 13.4. The number of fused-ring (bicyclic) bond motifs is 2. The monoisotopic (exact) mass is 446 g/mol. The highest BCUT2D eigenvalue weighted by Gasteiger charge is 2.47. The van der Waals surface area contributed by atoms with Gasteiger partial charge in [0.25, 0.3) is 0 Å². The first kappa shape index (κ1) is 22.1. The Labute approximate surface area is 196 Å². The summed E-state index contributed by atoms with van der Waals surface area (Å²) in [6.07, 6.45) is 6.60. The van der Waals surface area contributed by atoms with E-state index in [1.165, 1.54) is 36.6 Å². The van der Waals surface area contributed by atoms with E-state index in [0.717, 1.165) is 57.5 Å². The molecule has 2 aliphatic heterocycles. The first-order valence-corrected chi connectivity index (χ1v) is 12.3. The van der Waals surface area contributed by atoms with Crippen LogP contribution in [-0.2, 0) is 21.5 Å². The van der Waals surface area contributed by atoms with E-state index in [1.807, 2.05) is 24.3 Å². The molecule has 1 saturated carbocycles. The number of ether oxygens (including phenoxy) is 1. The summed E-state index contributed by atoms with van der Waals surface area (Å²) in [5.41, 5.74) is 5.68. The molecule has 0 radical (unpaired) electrons. The van der Waals surface area contributed by atoms with E-state index in [0.29, 0.717) is 11.5 Å². The third-order valence-electron chi connectivity index (χ3n) is 8.04. The van der Waals surface area contributed by atoms with Crippen LogP contribution in [0.4, 0.5) is 5.69 Å². The van der Waals surface area contributed by atoms with E-state index in [2.05, 4.69) is 34.9 Å². The molecule has 174 valence electrons. The molecule has 33 heavy (non-hydrogen) atoms. The highest BCUT2D eigenvalue weighted by Crippen LogP contribution is 2.48. The fraction of sp³-hybridized carbons (Fsp3) is 0.500. The van der Waals surface area contributed by atoms with Crippen LogP contribution in [0.2, 0.25) is 0 Å². The van der Waals surface area contributed by atoms with Gasteiger partial charge in [-0.1, -0.05) is 42.7 Å². The number of esters is 1. The number of carbonyl (C=O) groups is 2. The Morgan fingerprint density at radius 3 is 2.39 bits per heavy atom. The maximum absolute atomic E-state index is 13.4. The molecule has 1 saturated heterocycles. The number of methoxy groups -OCH3 is 1. The van der Waals surface area contributed by atoms with Gasteiger partial charge in [-0.3, -0.25) is 9.69 Å². The van der Waals surface area contributed by atoms with Gasteiger partial charge < -0.3 is 9.64 Å². The summed E-state index contributed by atoms with van der Waals surface area (Å²) in [7, 11) is 1.41. The van der Waals surface area contributed by atoms with E-state index in [-0.39, 0.29) is 17.3 Å². The molecule has 5 heteroatoms. The van der Waals surface area contributed by atoms with Gasteiger partial charge in [0.15, 0.2) is 0 Å². The number of hydrogen-bond acceptors (Lipinski definition) is 4. The largest absolute Gasteiger partial charge is 0.465 e. The SMILES string of the molecule is COC(=O)c1ccc(CN2CCC3(CC2)CN(C(=O)C2CCCC2)c2ccc(C)cc23)cc1. The Balaban J connectivity index is 1.30. The molecular formula is C28H34N2O3. The van der Waals surface area contributed by atoms with E-state index < -0.39 is 0 Å². The molecule has 1 spiro atoms. The van der Waals surface area contributed by atoms with Crippen LogP contribution in [0.15, 0.2) is 42.5 Å². The molecule has 3 aliphatic rings. The van der Waals surface area contributed by atoms with Crippen molar-refractivity contribution in [2.45, 2.75) is 57.4 Å². The third kappa shape index (κ3) is 4.19. The van der Waals surface area contributed by atoms with Crippen molar-refractivity contribution in [3.05, 3.63) is 64.7 Å². The lowest BCUT2D eigenvalue weighted by atomic mass is 9.74. The van der Waals surface area contributed by atoms with Gasteiger partial charge in [-0.05, 0) is 75.0 Å². The quantitative estimate of drug-likeness (QED) is 0.630. The van der Waals surface area contributed by atoms with Crippen LogP contribution in [0.1, 0.15) is 65.6 Å². The zero-order valence-corrected chi connectivity index (χ0v) is 19.8. The lowest BCUT2D eigenvalue weighted by Crippen LogP contribution is -2.46. The van der Waals surface area contributed by atoms with Crippen molar-refractivity contribution >= 4 is 17.6 Å². The first-order chi connectivity index (χ1) is 16.0. The number of anilines is 1. The predicted octanol–water partition coefficient (Wildman–Crippen LogP) is 4.85. The van der Waals surface area contributed by atoms with Gasteiger partial charge in [0.1, 0.15) is 0 Å². The molecule has 1 aliphatic carbocycles. The standard InChI is InChI=1S/C28H34N2O3/c1-20-7-12-25-24(17-20)28(19-30(25)26(31)22-5-3-4-6-22)13-15-29(16-14-28)18-21-8-10-23(11-9-21)27(32)33-2/h7-12,17,22H,3-6,13-16,18-19H2,1-2H3. The van der Waals surface area contributed by atoms with Gasteiger partial charge in [-0.2, -0.15) is 0 Å². The van der Waals surface area contributed by atoms with Crippen molar-refractivity contribution in [3.8, 4) is 0 Å². The number of aryl methyl sites for hydroxylation is 1.